The average Bonchev–Trinajstić information content (AvgIpc) is 2.87. The van der Waals surface area contributed by atoms with Crippen LogP contribution in [-0.2, 0) is 24.2 Å². The first kappa shape index (κ1) is 26.9. The number of rotatable bonds is 12. The number of aryl methyl sites for hydroxylation is 1. The summed E-state index contributed by atoms with van der Waals surface area (Å²) < 4.78 is 27.4. The fourth-order valence-corrected chi connectivity index (χ4v) is 3.75. The average molecular weight is 497 g/mol. The summed E-state index contributed by atoms with van der Waals surface area (Å²) in [6, 6.07) is 13.4. The van der Waals surface area contributed by atoms with Gasteiger partial charge in [-0.25, -0.2) is 8.78 Å². The third-order valence-corrected chi connectivity index (χ3v) is 5.60. The highest BCUT2D eigenvalue weighted by molar-refractivity contribution is 5.96. The zero-order valence-corrected chi connectivity index (χ0v) is 20.0. The number of aliphatic hydroxyl groups excluding tert-OH is 1. The van der Waals surface area contributed by atoms with Crippen LogP contribution in [0.4, 0.5) is 8.78 Å². The second kappa shape index (κ2) is 13.4. The molecule has 0 saturated heterocycles. The number of benzene rings is 2. The molecule has 7 nitrogen and oxygen atoms in total. The van der Waals surface area contributed by atoms with E-state index in [1.807, 2.05) is 18.2 Å². The van der Waals surface area contributed by atoms with Crippen molar-refractivity contribution in [3.63, 3.8) is 0 Å². The maximum absolute atomic E-state index is 13.7. The van der Waals surface area contributed by atoms with Crippen molar-refractivity contribution in [1.29, 1.82) is 0 Å². The Morgan fingerprint density at radius 3 is 2.44 bits per heavy atom. The van der Waals surface area contributed by atoms with E-state index in [4.69, 9.17) is 0 Å². The summed E-state index contributed by atoms with van der Waals surface area (Å²) in [5.41, 5.74) is 2.83. The topological polar surface area (TPSA) is 103 Å². The first-order chi connectivity index (χ1) is 17.3. The first-order valence-corrected chi connectivity index (χ1v) is 11.7. The normalized spacial score (nSPS) is 12.6. The molecule has 36 heavy (non-hydrogen) atoms. The minimum absolute atomic E-state index is 0.00879. The van der Waals surface area contributed by atoms with Gasteiger partial charge in [-0.2, -0.15) is 0 Å². The minimum atomic E-state index is -1.07. The molecule has 0 aliphatic rings. The summed E-state index contributed by atoms with van der Waals surface area (Å²) >= 11 is 0. The van der Waals surface area contributed by atoms with Crippen LogP contribution in [0, 0.1) is 11.6 Å². The lowest BCUT2D eigenvalue weighted by atomic mass is 10.0. The summed E-state index contributed by atoms with van der Waals surface area (Å²) in [6.45, 7) is 2.35. The van der Waals surface area contributed by atoms with E-state index < -0.39 is 35.6 Å². The second-order valence-corrected chi connectivity index (χ2v) is 8.45. The molecule has 3 rings (SSSR count). The van der Waals surface area contributed by atoms with E-state index >= 15 is 0 Å². The number of hydrogen-bond donors (Lipinski definition) is 4. The quantitative estimate of drug-likeness (QED) is 0.309. The standard InChI is InChI=1S/C27H30F2N4O3/c1-2-18-5-3-6-19(9-18)14-31-16-25(34)24(12-20-10-22(28)13-23(29)11-20)33-26(35)17-32-27(36)21-7-4-8-30-15-21/h3-11,13,15,24-25,31,34H,2,12,14,16-17H2,1H3,(H,32,36)(H,33,35). The Balaban J connectivity index is 1.62. The number of aliphatic hydroxyl groups is 1. The number of carbonyl (C=O) groups excluding carboxylic acids is 2. The number of amides is 2. The van der Waals surface area contributed by atoms with Crippen LogP contribution in [0.5, 0.6) is 0 Å². The molecule has 2 atom stereocenters. The molecule has 4 N–H and O–H groups in total. The van der Waals surface area contributed by atoms with Gasteiger partial charge in [0.05, 0.1) is 24.3 Å². The van der Waals surface area contributed by atoms with Crippen LogP contribution >= 0.6 is 0 Å². The number of carbonyl (C=O) groups is 2. The Morgan fingerprint density at radius 1 is 1.00 bits per heavy atom. The zero-order valence-electron chi connectivity index (χ0n) is 20.0. The van der Waals surface area contributed by atoms with Crippen LogP contribution in [0.25, 0.3) is 0 Å². The summed E-state index contributed by atoms with van der Waals surface area (Å²) in [5.74, 6) is -2.52. The van der Waals surface area contributed by atoms with Crippen molar-refractivity contribution < 1.29 is 23.5 Å². The number of hydrogen-bond acceptors (Lipinski definition) is 5. The fourth-order valence-electron chi connectivity index (χ4n) is 3.75. The Morgan fingerprint density at radius 2 is 1.75 bits per heavy atom. The molecule has 9 heteroatoms. The third-order valence-electron chi connectivity index (χ3n) is 5.60. The van der Waals surface area contributed by atoms with Gasteiger partial charge in [0, 0.05) is 31.5 Å². The van der Waals surface area contributed by atoms with Gasteiger partial charge in [0.1, 0.15) is 11.6 Å². The molecule has 0 aliphatic carbocycles. The molecule has 2 aromatic carbocycles. The maximum atomic E-state index is 13.7. The summed E-state index contributed by atoms with van der Waals surface area (Å²) in [6.07, 6.45) is 2.74. The van der Waals surface area contributed by atoms with Crippen LogP contribution in [-0.4, -0.2) is 47.1 Å². The lowest BCUT2D eigenvalue weighted by molar-refractivity contribution is -0.121. The number of halogens is 2. The molecule has 0 bridgehead atoms. The number of nitrogens with zero attached hydrogens (tertiary/aromatic N) is 1. The Kier molecular flexibility index (Phi) is 10.0. The van der Waals surface area contributed by atoms with Crippen LogP contribution < -0.4 is 16.0 Å². The SMILES string of the molecule is CCc1cccc(CNCC(O)C(Cc2cc(F)cc(F)c2)NC(=O)CNC(=O)c2cccnc2)c1. The largest absolute Gasteiger partial charge is 0.390 e. The monoisotopic (exact) mass is 496 g/mol. The Hall–Kier alpha value is -3.69. The zero-order chi connectivity index (χ0) is 25.9. The Labute approximate surface area is 209 Å². The van der Waals surface area contributed by atoms with Gasteiger partial charge in [-0.05, 0) is 53.8 Å². The van der Waals surface area contributed by atoms with Crippen molar-refractivity contribution in [3.05, 3.63) is 101 Å². The van der Waals surface area contributed by atoms with Crippen molar-refractivity contribution in [2.45, 2.75) is 38.5 Å². The van der Waals surface area contributed by atoms with E-state index in [2.05, 4.69) is 33.9 Å². The van der Waals surface area contributed by atoms with Gasteiger partial charge in [-0.1, -0.05) is 31.2 Å². The van der Waals surface area contributed by atoms with E-state index in [1.54, 1.807) is 12.1 Å². The van der Waals surface area contributed by atoms with Crippen molar-refractivity contribution in [1.82, 2.24) is 20.9 Å². The summed E-state index contributed by atoms with van der Waals surface area (Å²) in [4.78, 5) is 28.6. The highest BCUT2D eigenvalue weighted by Gasteiger charge is 2.23. The van der Waals surface area contributed by atoms with Crippen LogP contribution in [0.2, 0.25) is 0 Å². The molecule has 0 radical (unpaired) electrons. The smallest absolute Gasteiger partial charge is 0.253 e. The van der Waals surface area contributed by atoms with Gasteiger partial charge in [0.2, 0.25) is 5.91 Å². The molecule has 0 fully saturated rings. The van der Waals surface area contributed by atoms with Crippen LogP contribution in [0.1, 0.15) is 34.0 Å². The van der Waals surface area contributed by atoms with E-state index in [1.165, 1.54) is 18.0 Å². The third kappa shape index (κ3) is 8.51. The number of pyridine rings is 1. The first-order valence-electron chi connectivity index (χ1n) is 11.7. The summed E-state index contributed by atoms with van der Waals surface area (Å²) in [7, 11) is 0. The molecule has 1 aromatic heterocycles. The second-order valence-electron chi connectivity index (χ2n) is 8.45. The molecular formula is C27H30F2N4O3. The van der Waals surface area contributed by atoms with Crippen molar-refractivity contribution >= 4 is 11.8 Å². The molecule has 0 aliphatic heterocycles. The van der Waals surface area contributed by atoms with Crippen molar-refractivity contribution in [2.75, 3.05) is 13.1 Å². The predicted molar refractivity (Wildman–Crippen MR) is 132 cm³/mol. The molecule has 3 aromatic rings. The minimum Gasteiger partial charge on any atom is -0.390 e. The van der Waals surface area contributed by atoms with Gasteiger partial charge in [-0.15, -0.1) is 0 Å². The lowest BCUT2D eigenvalue weighted by Gasteiger charge is -2.25. The van der Waals surface area contributed by atoms with Crippen molar-refractivity contribution in [2.24, 2.45) is 0 Å². The molecule has 0 saturated carbocycles. The van der Waals surface area contributed by atoms with E-state index in [9.17, 15) is 23.5 Å². The van der Waals surface area contributed by atoms with E-state index in [-0.39, 0.29) is 25.1 Å². The molecule has 1 heterocycles. The van der Waals surface area contributed by atoms with Crippen LogP contribution in [0.3, 0.4) is 0 Å². The van der Waals surface area contributed by atoms with Gasteiger partial charge in [0.15, 0.2) is 0 Å². The predicted octanol–water partition coefficient (Wildman–Crippen LogP) is 2.53. The summed E-state index contributed by atoms with van der Waals surface area (Å²) in [5, 5.41) is 19.2. The van der Waals surface area contributed by atoms with Crippen LogP contribution in [0.15, 0.2) is 67.0 Å². The van der Waals surface area contributed by atoms with Gasteiger partial charge in [-0.3, -0.25) is 14.6 Å². The number of aromatic nitrogens is 1. The number of nitrogens with one attached hydrogen (secondary N) is 3. The van der Waals surface area contributed by atoms with E-state index in [0.29, 0.717) is 12.1 Å². The Bertz CT molecular complexity index is 1140. The lowest BCUT2D eigenvalue weighted by Crippen LogP contribution is -2.51. The van der Waals surface area contributed by atoms with Gasteiger partial charge >= 0.3 is 0 Å². The molecule has 0 spiro atoms. The van der Waals surface area contributed by atoms with Crippen molar-refractivity contribution in [3.8, 4) is 0 Å². The van der Waals surface area contributed by atoms with E-state index in [0.717, 1.165) is 30.2 Å². The molecular weight excluding hydrogens is 466 g/mol. The fraction of sp³-hybridized carbons (Fsp3) is 0.296. The molecule has 2 unspecified atom stereocenters. The highest BCUT2D eigenvalue weighted by Crippen LogP contribution is 2.12. The van der Waals surface area contributed by atoms with Gasteiger partial charge in [0.25, 0.3) is 5.91 Å². The maximum Gasteiger partial charge on any atom is 0.253 e. The molecule has 190 valence electrons. The highest BCUT2D eigenvalue weighted by atomic mass is 19.1. The molecule has 2 amide bonds. The van der Waals surface area contributed by atoms with Gasteiger partial charge < -0.3 is 21.1 Å².